The fraction of sp³-hybridized carbons (Fsp3) is 0.500. The Morgan fingerprint density at radius 1 is 1.53 bits per heavy atom. The first kappa shape index (κ1) is 13.4. The maximum absolute atomic E-state index is 11.4. The van der Waals surface area contributed by atoms with Crippen molar-refractivity contribution in [3.63, 3.8) is 0 Å². The van der Waals surface area contributed by atoms with Crippen molar-refractivity contribution >= 4 is 23.3 Å². The summed E-state index contributed by atoms with van der Waals surface area (Å²) in [6.45, 7) is 3.76. The van der Waals surface area contributed by atoms with Crippen molar-refractivity contribution in [2.24, 2.45) is 5.92 Å². The fourth-order valence-corrected chi connectivity index (χ4v) is 1.76. The highest BCUT2D eigenvalue weighted by Crippen LogP contribution is 2.02. The summed E-state index contributed by atoms with van der Waals surface area (Å²) in [6.07, 6.45) is 0. The minimum atomic E-state index is -1.04. The third-order valence-electron chi connectivity index (χ3n) is 2.13. The quantitative estimate of drug-likeness (QED) is 0.735. The Labute approximate surface area is 103 Å². The van der Waals surface area contributed by atoms with Gasteiger partial charge in [-0.3, -0.25) is 0 Å². The summed E-state index contributed by atoms with van der Waals surface area (Å²) in [7, 11) is 0. The molecule has 1 heterocycles. The van der Waals surface area contributed by atoms with Crippen LogP contribution in [0.3, 0.4) is 0 Å². The number of nitrogens with one attached hydrogen (secondary N) is 2. The number of nitrogens with zero attached hydrogens (tertiary/aromatic N) is 1. The molecule has 0 radical (unpaired) electrons. The zero-order chi connectivity index (χ0) is 12.8. The molecule has 0 spiro atoms. The van der Waals surface area contributed by atoms with Gasteiger partial charge in [0.2, 0.25) is 0 Å². The van der Waals surface area contributed by atoms with Crippen LogP contribution < -0.4 is 10.6 Å². The fourth-order valence-electron chi connectivity index (χ4n) is 1.20. The standard InChI is InChI=1S/C10H15N3O3S/c1-6(2)8(9(14)15)13-10(16)11-3-7-4-17-5-12-7/h4-6,8H,3H2,1-2H3,(H,14,15)(H2,11,13,16). The molecule has 0 aliphatic carbocycles. The molecular weight excluding hydrogens is 242 g/mol. The molecule has 0 saturated heterocycles. The van der Waals surface area contributed by atoms with Gasteiger partial charge < -0.3 is 15.7 Å². The lowest BCUT2D eigenvalue weighted by molar-refractivity contribution is -0.140. The molecule has 17 heavy (non-hydrogen) atoms. The lowest BCUT2D eigenvalue weighted by Crippen LogP contribution is -2.48. The van der Waals surface area contributed by atoms with Crippen molar-refractivity contribution < 1.29 is 14.7 Å². The van der Waals surface area contributed by atoms with Crippen molar-refractivity contribution in [1.29, 1.82) is 0 Å². The molecule has 94 valence electrons. The predicted molar refractivity (Wildman–Crippen MR) is 63.7 cm³/mol. The lowest BCUT2D eigenvalue weighted by atomic mass is 10.1. The summed E-state index contributed by atoms with van der Waals surface area (Å²) in [4.78, 5) is 26.3. The van der Waals surface area contributed by atoms with Gasteiger partial charge in [-0.05, 0) is 5.92 Å². The number of aromatic nitrogens is 1. The van der Waals surface area contributed by atoms with E-state index in [4.69, 9.17) is 5.11 Å². The van der Waals surface area contributed by atoms with Gasteiger partial charge in [-0.15, -0.1) is 11.3 Å². The smallest absolute Gasteiger partial charge is 0.326 e. The minimum absolute atomic E-state index is 0.169. The van der Waals surface area contributed by atoms with Gasteiger partial charge in [0.25, 0.3) is 0 Å². The topological polar surface area (TPSA) is 91.3 Å². The molecule has 0 aliphatic heterocycles. The first-order chi connectivity index (χ1) is 8.00. The number of urea groups is 1. The van der Waals surface area contributed by atoms with E-state index >= 15 is 0 Å². The summed E-state index contributed by atoms with van der Waals surface area (Å²) in [5.74, 6) is -1.21. The summed E-state index contributed by atoms with van der Waals surface area (Å²) in [6, 6.07) is -1.38. The Bertz CT molecular complexity index is 378. The van der Waals surface area contributed by atoms with Crippen LogP contribution in [0.1, 0.15) is 19.5 Å². The lowest BCUT2D eigenvalue weighted by Gasteiger charge is -2.17. The molecule has 1 atom stereocenters. The SMILES string of the molecule is CC(C)C(NC(=O)NCc1cscn1)C(=O)O. The van der Waals surface area contributed by atoms with Gasteiger partial charge in [0, 0.05) is 5.38 Å². The van der Waals surface area contributed by atoms with E-state index in [2.05, 4.69) is 15.6 Å². The molecule has 3 N–H and O–H groups in total. The zero-order valence-corrected chi connectivity index (χ0v) is 10.5. The molecular formula is C10H15N3O3S. The summed E-state index contributed by atoms with van der Waals surface area (Å²) in [5.41, 5.74) is 2.42. The summed E-state index contributed by atoms with van der Waals surface area (Å²) < 4.78 is 0. The molecule has 1 rings (SSSR count). The Morgan fingerprint density at radius 3 is 2.71 bits per heavy atom. The van der Waals surface area contributed by atoms with E-state index in [0.717, 1.165) is 5.69 Å². The van der Waals surface area contributed by atoms with E-state index < -0.39 is 18.0 Å². The van der Waals surface area contributed by atoms with E-state index in [1.807, 2.05) is 5.38 Å². The highest BCUT2D eigenvalue weighted by atomic mass is 32.1. The van der Waals surface area contributed by atoms with Crippen LogP contribution in [0, 0.1) is 5.92 Å². The number of rotatable bonds is 5. The first-order valence-corrected chi connectivity index (χ1v) is 6.09. The van der Waals surface area contributed by atoms with E-state index in [1.54, 1.807) is 19.4 Å². The Balaban J connectivity index is 2.40. The Morgan fingerprint density at radius 2 is 2.24 bits per heavy atom. The Kier molecular flexibility index (Phi) is 4.89. The number of carboxylic acid groups (broad SMARTS) is 1. The minimum Gasteiger partial charge on any atom is -0.480 e. The highest BCUT2D eigenvalue weighted by molar-refractivity contribution is 7.07. The average Bonchev–Trinajstić information content (AvgIpc) is 2.74. The van der Waals surface area contributed by atoms with Crippen molar-refractivity contribution in [2.45, 2.75) is 26.4 Å². The van der Waals surface area contributed by atoms with Crippen LogP contribution in [-0.4, -0.2) is 28.1 Å². The largest absolute Gasteiger partial charge is 0.480 e. The van der Waals surface area contributed by atoms with Gasteiger partial charge in [0.15, 0.2) is 0 Å². The number of hydrogen-bond acceptors (Lipinski definition) is 4. The van der Waals surface area contributed by atoms with E-state index in [0.29, 0.717) is 6.54 Å². The molecule has 2 amide bonds. The highest BCUT2D eigenvalue weighted by Gasteiger charge is 2.23. The summed E-state index contributed by atoms with van der Waals surface area (Å²) in [5, 5.41) is 15.7. The number of carbonyl (C=O) groups is 2. The molecule has 7 heteroatoms. The van der Waals surface area contributed by atoms with Crippen LogP contribution in [0.5, 0.6) is 0 Å². The third kappa shape index (κ3) is 4.39. The van der Waals surface area contributed by atoms with Crippen molar-refractivity contribution in [1.82, 2.24) is 15.6 Å². The van der Waals surface area contributed by atoms with Gasteiger partial charge >= 0.3 is 12.0 Å². The van der Waals surface area contributed by atoms with Crippen molar-refractivity contribution in [3.8, 4) is 0 Å². The van der Waals surface area contributed by atoms with Crippen LogP contribution in [0.15, 0.2) is 10.9 Å². The van der Waals surface area contributed by atoms with Crippen LogP contribution >= 0.6 is 11.3 Å². The van der Waals surface area contributed by atoms with Crippen LogP contribution in [0.25, 0.3) is 0 Å². The van der Waals surface area contributed by atoms with E-state index in [1.165, 1.54) is 11.3 Å². The zero-order valence-electron chi connectivity index (χ0n) is 9.64. The van der Waals surface area contributed by atoms with Crippen LogP contribution in [0.4, 0.5) is 4.79 Å². The normalized spacial score (nSPS) is 12.2. The predicted octanol–water partition coefficient (Wildman–Crippen LogP) is 1.05. The maximum Gasteiger partial charge on any atom is 0.326 e. The molecule has 0 bridgehead atoms. The van der Waals surface area contributed by atoms with Gasteiger partial charge in [0.1, 0.15) is 6.04 Å². The summed E-state index contributed by atoms with van der Waals surface area (Å²) >= 11 is 1.44. The van der Waals surface area contributed by atoms with Gasteiger partial charge in [-0.1, -0.05) is 13.8 Å². The maximum atomic E-state index is 11.4. The van der Waals surface area contributed by atoms with Gasteiger partial charge in [0.05, 0.1) is 17.7 Å². The average molecular weight is 257 g/mol. The number of thiazole rings is 1. The van der Waals surface area contributed by atoms with Gasteiger partial charge in [-0.2, -0.15) is 0 Å². The molecule has 0 aromatic carbocycles. The van der Waals surface area contributed by atoms with E-state index in [-0.39, 0.29) is 5.92 Å². The molecule has 1 unspecified atom stereocenters. The second kappa shape index (κ2) is 6.19. The number of amides is 2. The molecule has 6 nitrogen and oxygen atoms in total. The van der Waals surface area contributed by atoms with Crippen LogP contribution in [0.2, 0.25) is 0 Å². The molecule has 1 aromatic heterocycles. The second-order valence-electron chi connectivity index (χ2n) is 3.87. The molecule has 0 aliphatic rings. The third-order valence-corrected chi connectivity index (χ3v) is 2.77. The van der Waals surface area contributed by atoms with Gasteiger partial charge in [-0.25, -0.2) is 14.6 Å². The van der Waals surface area contributed by atoms with Crippen molar-refractivity contribution in [3.05, 3.63) is 16.6 Å². The van der Waals surface area contributed by atoms with E-state index in [9.17, 15) is 9.59 Å². The molecule has 0 saturated carbocycles. The molecule has 0 fully saturated rings. The molecule has 1 aromatic rings. The second-order valence-corrected chi connectivity index (χ2v) is 4.59. The van der Waals surface area contributed by atoms with Crippen molar-refractivity contribution in [2.75, 3.05) is 0 Å². The Hall–Kier alpha value is -1.63. The number of carbonyl (C=O) groups excluding carboxylic acids is 1. The number of carboxylic acids is 1. The first-order valence-electron chi connectivity index (χ1n) is 5.15. The monoisotopic (exact) mass is 257 g/mol. The van der Waals surface area contributed by atoms with Crippen LogP contribution in [-0.2, 0) is 11.3 Å². The number of hydrogen-bond donors (Lipinski definition) is 3. The number of aliphatic carboxylic acids is 1.